The van der Waals surface area contributed by atoms with Crippen molar-refractivity contribution in [2.45, 2.75) is 25.7 Å². The summed E-state index contributed by atoms with van der Waals surface area (Å²) < 4.78 is 39.6. The molecule has 1 rings (SSSR count). The van der Waals surface area contributed by atoms with Crippen molar-refractivity contribution in [2.24, 2.45) is 5.92 Å². The molecule has 0 aliphatic heterocycles. The van der Waals surface area contributed by atoms with Crippen LogP contribution in [-0.4, -0.2) is 20.1 Å². The molecule has 1 aliphatic carbocycles. The summed E-state index contributed by atoms with van der Waals surface area (Å²) in [6.45, 7) is -5.48. The fourth-order valence-corrected chi connectivity index (χ4v) is 1.55. The van der Waals surface area contributed by atoms with E-state index in [0.717, 1.165) is 25.7 Å². The van der Waals surface area contributed by atoms with E-state index in [-0.39, 0.29) is 0 Å². The van der Waals surface area contributed by atoms with Crippen molar-refractivity contribution in [3.8, 4) is 0 Å². The van der Waals surface area contributed by atoms with Crippen molar-refractivity contribution in [1.29, 1.82) is 0 Å². The average molecular weight is 181 g/mol. The summed E-state index contributed by atoms with van der Waals surface area (Å²) in [4.78, 5) is 0. The second kappa shape index (κ2) is 4.17. The zero-order valence-electron chi connectivity index (χ0n) is 6.94. The largest absolute Gasteiger partial charge is 0.503 e. The van der Waals surface area contributed by atoms with Crippen LogP contribution < -0.4 is 0 Å². The fourth-order valence-electron chi connectivity index (χ4n) is 1.55. The normalized spacial score (nSPS) is 20.2. The summed E-state index contributed by atoms with van der Waals surface area (Å²) in [5.41, 5.74) is 0. The zero-order chi connectivity index (χ0) is 9.03. The zero-order valence-corrected chi connectivity index (χ0v) is 6.94. The molecule has 0 N–H and O–H groups in total. The number of ether oxygens (including phenoxy) is 1. The minimum Gasteiger partial charge on any atom is -0.447 e. The van der Waals surface area contributed by atoms with Crippen molar-refractivity contribution in [1.82, 2.24) is 0 Å². The quantitative estimate of drug-likeness (QED) is 0.605. The Morgan fingerprint density at radius 1 is 1.17 bits per heavy atom. The number of hydrogen-bond donors (Lipinski definition) is 0. The van der Waals surface area contributed by atoms with Crippen LogP contribution in [0.1, 0.15) is 25.7 Å². The number of halogens is 3. The highest BCUT2D eigenvalue weighted by molar-refractivity contribution is 6.58. The first-order valence-electron chi connectivity index (χ1n) is 4.36. The molecule has 0 amide bonds. The fraction of sp³-hybridized carbons (Fsp3) is 1.00. The van der Waals surface area contributed by atoms with Gasteiger partial charge in [0.05, 0.1) is 0 Å². The van der Waals surface area contributed by atoms with Crippen LogP contribution in [0.3, 0.4) is 0 Å². The van der Waals surface area contributed by atoms with Gasteiger partial charge in [-0.25, -0.2) is 0 Å². The summed E-state index contributed by atoms with van der Waals surface area (Å²) in [5, 5.41) is 0. The van der Waals surface area contributed by atoms with Crippen LogP contribution in [0.15, 0.2) is 0 Å². The van der Waals surface area contributed by atoms with Crippen LogP contribution in [0.4, 0.5) is 12.9 Å². The van der Waals surface area contributed by atoms with E-state index < -0.39 is 13.5 Å². The van der Waals surface area contributed by atoms with E-state index in [9.17, 15) is 12.9 Å². The number of hydrogen-bond acceptors (Lipinski definition) is 1. The maximum absolute atomic E-state index is 11.7. The lowest BCUT2D eigenvalue weighted by Crippen LogP contribution is -2.25. The molecule has 12 heavy (non-hydrogen) atoms. The summed E-state index contributed by atoms with van der Waals surface area (Å²) >= 11 is 0. The van der Waals surface area contributed by atoms with Gasteiger partial charge >= 0.3 is 6.98 Å². The molecule has 0 radical (unpaired) electrons. The van der Waals surface area contributed by atoms with Gasteiger partial charge in [0.25, 0.3) is 0 Å². The van der Waals surface area contributed by atoms with Crippen LogP contribution in [0, 0.1) is 5.92 Å². The lowest BCUT2D eigenvalue weighted by molar-refractivity contribution is 0.117. The molecule has 0 atom stereocenters. The Morgan fingerprint density at radius 2 is 1.75 bits per heavy atom. The molecule has 1 nitrogen and oxygen atoms in total. The minimum absolute atomic E-state index is 0.293. The Bertz CT molecular complexity index is 131. The van der Waals surface area contributed by atoms with E-state index in [1.165, 1.54) is 0 Å². The molecule has 72 valence electrons. The predicted octanol–water partition coefficient (Wildman–Crippen LogP) is 2.58. The van der Waals surface area contributed by atoms with E-state index >= 15 is 0 Å². The van der Waals surface area contributed by atoms with Gasteiger partial charge in [0.15, 0.2) is 0 Å². The highest BCUT2D eigenvalue weighted by Gasteiger charge is 2.24. The van der Waals surface area contributed by atoms with Crippen molar-refractivity contribution in [2.75, 3.05) is 13.1 Å². The van der Waals surface area contributed by atoms with E-state index in [2.05, 4.69) is 4.74 Å². The molecule has 1 fully saturated rings. The Morgan fingerprint density at radius 3 is 2.25 bits per heavy atom. The Kier molecular flexibility index (Phi) is 3.44. The topological polar surface area (TPSA) is 9.23 Å². The van der Waals surface area contributed by atoms with Crippen LogP contribution in [0.2, 0.25) is 0 Å². The van der Waals surface area contributed by atoms with E-state index in [1.54, 1.807) is 0 Å². The Balaban J connectivity index is 2.02. The van der Waals surface area contributed by atoms with Gasteiger partial charge in [-0.2, -0.15) is 0 Å². The molecule has 1 saturated carbocycles. The van der Waals surface area contributed by atoms with Gasteiger partial charge in [0.1, 0.15) is 0 Å². The molecule has 0 spiro atoms. The van der Waals surface area contributed by atoms with E-state index in [1.807, 2.05) is 0 Å². The molecule has 0 heterocycles. The molecule has 0 bridgehead atoms. The molecule has 0 aromatic heterocycles. The van der Waals surface area contributed by atoms with E-state index in [0.29, 0.717) is 12.5 Å². The SMILES string of the molecule is F[B-](F)(F)COCC1CCCC1. The maximum atomic E-state index is 11.7. The molecular weight excluding hydrogens is 168 g/mol. The molecule has 0 aromatic rings. The molecular formula is C7H13BF3O-. The summed E-state index contributed by atoms with van der Waals surface area (Å²) in [7, 11) is 0. The molecule has 0 aromatic carbocycles. The monoisotopic (exact) mass is 181 g/mol. The first-order chi connectivity index (χ1) is 5.58. The van der Waals surface area contributed by atoms with Gasteiger partial charge in [-0.05, 0) is 18.8 Å². The van der Waals surface area contributed by atoms with Crippen LogP contribution in [0.5, 0.6) is 0 Å². The Hall–Kier alpha value is -0.185. The average Bonchev–Trinajstić information content (AvgIpc) is 2.36. The first-order valence-corrected chi connectivity index (χ1v) is 4.36. The smallest absolute Gasteiger partial charge is 0.447 e. The van der Waals surface area contributed by atoms with Gasteiger partial charge in [0, 0.05) is 13.1 Å². The van der Waals surface area contributed by atoms with Crippen molar-refractivity contribution < 1.29 is 17.7 Å². The van der Waals surface area contributed by atoms with Gasteiger partial charge in [-0.1, -0.05) is 12.8 Å². The van der Waals surface area contributed by atoms with Gasteiger partial charge in [0.2, 0.25) is 0 Å². The standard InChI is InChI=1S/C7H13BF3O/c9-8(10,11)6-12-5-7-3-1-2-4-7/h7H,1-6H2/q-1. The Labute approximate surface area is 70.3 Å². The lowest BCUT2D eigenvalue weighted by Gasteiger charge is -2.16. The number of rotatable bonds is 4. The van der Waals surface area contributed by atoms with Gasteiger partial charge < -0.3 is 17.7 Å². The van der Waals surface area contributed by atoms with Crippen molar-refractivity contribution in [3.05, 3.63) is 0 Å². The second-order valence-electron chi connectivity index (χ2n) is 3.40. The predicted molar refractivity (Wildman–Crippen MR) is 41.9 cm³/mol. The molecule has 5 heteroatoms. The highest BCUT2D eigenvalue weighted by atomic mass is 19.4. The van der Waals surface area contributed by atoms with Gasteiger partial charge in [-0.15, -0.1) is 0 Å². The van der Waals surface area contributed by atoms with Crippen molar-refractivity contribution in [3.63, 3.8) is 0 Å². The third-order valence-corrected chi connectivity index (χ3v) is 2.14. The van der Waals surface area contributed by atoms with Crippen LogP contribution in [-0.2, 0) is 4.74 Å². The van der Waals surface area contributed by atoms with Crippen LogP contribution >= 0.6 is 0 Å². The molecule has 0 unspecified atom stereocenters. The van der Waals surface area contributed by atoms with Crippen molar-refractivity contribution >= 4 is 6.98 Å². The first kappa shape index (κ1) is 9.90. The van der Waals surface area contributed by atoms with Crippen LogP contribution in [0.25, 0.3) is 0 Å². The third kappa shape index (κ3) is 4.00. The highest BCUT2D eigenvalue weighted by Crippen LogP contribution is 2.25. The second-order valence-corrected chi connectivity index (χ2v) is 3.40. The molecule has 0 saturated heterocycles. The van der Waals surface area contributed by atoms with E-state index in [4.69, 9.17) is 0 Å². The summed E-state index contributed by atoms with van der Waals surface area (Å²) in [6.07, 6.45) is 4.35. The van der Waals surface area contributed by atoms with Gasteiger partial charge in [-0.3, -0.25) is 0 Å². The minimum atomic E-state index is -4.75. The lowest BCUT2D eigenvalue weighted by atomic mass is 9.95. The molecule has 1 aliphatic rings. The summed E-state index contributed by atoms with van der Waals surface area (Å²) in [6, 6.07) is 0. The summed E-state index contributed by atoms with van der Waals surface area (Å²) in [5.74, 6) is 0.378. The third-order valence-electron chi connectivity index (χ3n) is 2.14. The maximum Gasteiger partial charge on any atom is 0.503 e.